The molecule has 0 fully saturated rings. The molecule has 0 aliphatic heterocycles. The van der Waals surface area contributed by atoms with E-state index < -0.39 is 5.97 Å². The third-order valence-corrected chi connectivity index (χ3v) is 1.80. The highest BCUT2D eigenvalue weighted by molar-refractivity contribution is 9.10. The van der Waals surface area contributed by atoms with Crippen LogP contribution in [-0.2, 0) is 9.53 Å². The molecule has 0 aromatic carbocycles. The maximum absolute atomic E-state index is 10.9. The molecule has 0 amide bonds. The number of aromatic nitrogens is 2. The molecule has 0 saturated heterocycles. The van der Waals surface area contributed by atoms with Crippen LogP contribution in [0, 0.1) is 0 Å². The maximum atomic E-state index is 10.9. The Labute approximate surface area is 89.6 Å². The van der Waals surface area contributed by atoms with Gasteiger partial charge in [0.05, 0.1) is 6.61 Å². The fourth-order valence-corrected chi connectivity index (χ4v) is 1.07. The van der Waals surface area contributed by atoms with Gasteiger partial charge in [-0.2, -0.15) is 0 Å². The molecule has 14 heavy (non-hydrogen) atoms. The van der Waals surface area contributed by atoms with Crippen LogP contribution in [0.2, 0.25) is 0 Å². The Bertz CT molecular complexity index is 319. The standard InChI is InChI=1S/C8H9BrN2O3/c1-2-13-6(12)5-14-8-7(9)10-3-4-11-8/h3-4H,2,5H2,1H3. The van der Waals surface area contributed by atoms with Crippen LogP contribution in [0.5, 0.6) is 5.88 Å². The fourth-order valence-electron chi connectivity index (χ4n) is 0.735. The summed E-state index contributed by atoms with van der Waals surface area (Å²) >= 11 is 3.13. The molecule has 0 bridgehead atoms. The minimum atomic E-state index is -0.426. The van der Waals surface area contributed by atoms with Crippen molar-refractivity contribution >= 4 is 21.9 Å². The average Bonchev–Trinajstić information content (AvgIpc) is 2.17. The average molecular weight is 261 g/mol. The van der Waals surface area contributed by atoms with E-state index in [1.165, 1.54) is 12.4 Å². The van der Waals surface area contributed by atoms with Crippen molar-refractivity contribution in [1.29, 1.82) is 0 Å². The molecule has 0 aliphatic carbocycles. The molecule has 1 rings (SSSR count). The summed E-state index contributed by atoms with van der Waals surface area (Å²) in [5.74, 6) is -0.148. The molecule has 1 aromatic heterocycles. The van der Waals surface area contributed by atoms with Crippen molar-refractivity contribution in [3.8, 4) is 5.88 Å². The second-order valence-corrected chi connectivity index (χ2v) is 3.00. The van der Waals surface area contributed by atoms with Crippen LogP contribution >= 0.6 is 15.9 Å². The second kappa shape index (κ2) is 5.54. The number of esters is 1. The van der Waals surface area contributed by atoms with Crippen molar-refractivity contribution in [3.05, 3.63) is 17.0 Å². The highest BCUT2D eigenvalue weighted by Crippen LogP contribution is 2.17. The van der Waals surface area contributed by atoms with Crippen molar-refractivity contribution in [3.63, 3.8) is 0 Å². The van der Waals surface area contributed by atoms with Gasteiger partial charge in [0.1, 0.15) is 0 Å². The summed E-state index contributed by atoms with van der Waals surface area (Å²) in [6.45, 7) is 1.91. The summed E-state index contributed by atoms with van der Waals surface area (Å²) in [6.07, 6.45) is 2.99. The van der Waals surface area contributed by atoms with Crippen LogP contribution in [0.25, 0.3) is 0 Å². The highest BCUT2D eigenvalue weighted by atomic mass is 79.9. The van der Waals surface area contributed by atoms with Gasteiger partial charge in [0.2, 0.25) is 5.88 Å². The van der Waals surface area contributed by atoms with Crippen LogP contribution in [0.15, 0.2) is 17.0 Å². The molecule has 0 saturated carbocycles. The third-order valence-electron chi connectivity index (χ3n) is 1.25. The summed E-state index contributed by atoms with van der Waals surface area (Å²) in [5.41, 5.74) is 0. The molecule has 0 unspecified atom stereocenters. The van der Waals surface area contributed by atoms with Crippen LogP contribution in [0.4, 0.5) is 0 Å². The summed E-state index contributed by atoms with van der Waals surface area (Å²) in [7, 11) is 0. The van der Waals surface area contributed by atoms with Crippen LogP contribution < -0.4 is 4.74 Å². The van der Waals surface area contributed by atoms with Crippen LogP contribution in [-0.4, -0.2) is 29.2 Å². The van der Waals surface area contributed by atoms with Gasteiger partial charge in [-0.3, -0.25) is 0 Å². The second-order valence-electron chi connectivity index (χ2n) is 2.25. The molecule has 0 atom stereocenters. The van der Waals surface area contributed by atoms with Gasteiger partial charge in [-0.1, -0.05) is 0 Å². The Balaban J connectivity index is 2.46. The minimum Gasteiger partial charge on any atom is -0.464 e. The van der Waals surface area contributed by atoms with E-state index in [4.69, 9.17) is 4.74 Å². The zero-order valence-electron chi connectivity index (χ0n) is 7.57. The van der Waals surface area contributed by atoms with E-state index in [1.54, 1.807) is 6.92 Å². The summed E-state index contributed by atoms with van der Waals surface area (Å²) in [6, 6.07) is 0. The third kappa shape index (κ3) is 3.29. The molecule has 5 nitrogen and oxygen atoms in total. The van der Waals surface area contributed by atoms with Crippen molar-refractivity contribution in [1.82, 2.24) is 9.97 Å². The van der Waals surface area contributed by atoms with E-state index in [-0.39, 0.29) is 12.5 Å². The van der Waals surface area contributed by atoms with E-state index in [2.05, 4.69) is 30.6 Å². The quantitative estimate of drug-likeness (QED) is 0.761. The first-order chi connectivity index (χ1) is 6.74. The zero-order chi connectivity index (χ0) is 10.4. The van der Waals surface area contributed by atoms with E-state index in [1.807, 2.05) is 0 Å². The smallest absolute Gasteiger partial charge is 0.344 e. The van der Waals surface area contributed by atoms with Crippen molar-refractivity contribution in [2.75, 3.05) is 13.2 Å². The van der Waals surface area contributed by atoms with Crippen LogP contribution in [0.3, 0.4) is 0 Å². The summed E-state index contributed by atoms with van der Waals surface area (Å²) < 4.78 is 10.2. The number of ether oxygens (including phenoxy) is 2. The lowest BCUT2D eigenvalue weighted by Crippen LogP contribution is -2.15. The molecular formula is C8H9BrN2O3. The Kier molecular flexibility index (Phi) is 4.31. The minimum absolute atomic E-state index is 0.162. The lowest BCUT2D eigenvalue weighted by molar-refractivity contribution is -0.145. The van der Waals surface area contributed by atoms with E-state index >= 15 is 0 Å². The topological polar surface area (TPSA) is 61.3 Å². The Morgan fingerprint density at radius 2 is 2.21 bits per heavy atom. The van der Waals surface area contributed by atoms with Crippen molar-refractivity contribution in [2.45, 2.75) is 6.92 Å². The number of carbonyl (C=O) groups excluding carboxylic acids is 1. The Hall–Kier alpha value is -1.17. The van der Waals surface area contributed by atoms with Gasteiger partial charge >= 0.3 is 5.97 Å². The van der Waals surface area contributed by atoms with E-state index in [0.717, 1.165) is 0 Å². The predicted octanol–water partition coefficient (Wildman–Crippen LogP) is 1.18. The molecule has 0 radical (unpaired) electrons. The first kappa shape index (κ1) is 10.9. The highest BCUT2D eigenvalue weighted by Gasteiger charge is 2.06. The summed E-state index contributed by atoms with van der Waals surface area (Å²) in [4.78, 5) is 18.7. The lowest BCUT2D eigenvalue weighted by Gasteiger charge is -2.04. The normalized spacial score (nSPS) is 9.57. The number of rotatable bonds is 4. The van der Waals surface area contributed by atoms with Gasteiger partial charge in [-0.05, 0) is 22.9 Å². The molecule has 1 aromatic rings. The lowest BCUT2D eigenvalue weighted by atomic mass is 10.7. The Morgan fingerprint density at radius 1 is 1.50 bits per heavy atom. The van der Waals surface area contributed by atoms with E-state index in [0.29, 0.717) is 11.2 Å². The maximum Gasteiger partial charge on any atom is 0.344 e. The van der Waals surface area contributed by atoms with Gasteiger partial charge in [-0.25, -0.2) is 14.8 Å². The molecule has 0 aliphatic rings. The number of hydrogen-bond donors (Lipinski definition) is 0. The first-order valence-corrected chi connectivity index (χ1v) is 4.78. The number of carbonyl (C=O) groups is 1. The number of nitrogens with zero attached hydrogens (tertiary/aromatic N) is 2. The SMILES string of the molecule is CCOC(=O)COc1nccnc1Br. The van der Waals surface area contributed by atoms with Crippen LogP contribution in [0.1, 0.15) is 6.92 Å². The van der Waals surface area contributed by atoms with Gasteiger partial charge in [0, 0.05) is 12.4 Å². The molecule has 0 spiro atoms. The monoisotopic (exact) mass is 260 g/mol. The van der Waals surface area contributed by atoms with Gasteiger partial charge in [0.15, 0.2) is 11.2 Å². The number of hydrogen-bond acceptors (Lipinski definition) is 5. The first-order valence-electron chi connectivity index (χ1n) is 3.99. The van der Waals surface area contributed by atoms with E-state index in [9.17, 15) is 4.79 Å². The van der Waals surface area contributed by atoms with Gasteiger partial charge in [-0.15, -0.1) is 0 Å². The molecule has 76 valence electrons. The molecule has 1 heterocycles. The number of halogens is 1. The molecular weight excluding hydrogens is 252 g/mol. The van der Waals surface area contributed by atoms with Gasteiger partial charge in [0.25, 0.3) is 0 Å². The fraction of sp³-hybridized carbons (Fsp3) is 0.375. The predicted molar refractivity (Wildman–Crippen MR) is 51.9 cm³/mol. The van der Waals surface area contributed by atoms with Gasteiger partial charge < -0.3 is 9.47 Å². The van der Waals surface area contributed by atoms with Crippen molar-refractivity contribution in [2.24, 2.45) is 0 Å². The zero-order valence-corrected chi connectivity index (χ0v) is 9.15. The largest absolute Gasteiger partial charge is 0.464 e. The molecule has 6 heteroatoms. The Morgan fingerprint density at radius 3 is 2.86 bits per heavy atom. The van der Waals surface area contributed by atoms with Crippen molar-refractivity contribution < 1.29 is 14.3 Å². The molecule has 0 N–H and O–H groups in total. The summed E-state index contributed by atoms with van der Waals surface area (Å²) in [5, 5.41) is 0.